The molecule has 1 aromatic rings. The van der Waals surface area contributed by atoms with Crippen LogP contribution in [0, 0.1) is 5.92 Å². The molecule has 3 aliphatic rings. The van der Waals surface area contributed by atoms with Gasteiger partial charge in [-0.3, -0.25) is 19.3 Å². The third-order valence-corrected chi connectivity index (χ3v) is 5.54. The van der Waals surface area contributed by atoms with E-state index in [2.05, 4.69) is 0 Å². The molecule has 6 heteroatoms. The Kier molecular flexibility index (Phi) is 4.29. The molecule has 25 heavy (non-hydrogen) atoms. The fourth-order valence-corrected chi connectivity index (χ4v) is 4.09. The van der Waals surface area contributed by atoms with Crippen LogP contribution in [0.15, 0.2) is 24.3 Å². The Morgan fingerprint density at radius 3 is 2.04 bits per heavy atom. The number of hydrogen-bond donors (Lipinski definition) is 0. The molecule has 132 valence electrons. The maximum Gasteiger partial charge on any atom is 0.261 e. The average molecular weight is 342 g/mol. The molecule has 0 N–H and O–H groups in total. The summed E-state index contributed by atoms with van der Waals surface area (Å²) in [5.41, 5.74) is 0.987. The van der Waals surface area contributed by atoms with Gasteiger partial charge in [-0.2, -0.15) is 0 Å². The van der Waals surface area contributed by atoms with Gasteiger partial charge in [0.1, 0.15) is 0 Å². The summed E-state index contributed by atoms with van der Waals surface area (Å²) in [7, 11) is 0. The van der Waals surface area contributed by atoms with Crippen molar-refractivity contribution in [3.8, 4) is 0 Å². The van der Waals surface area contributed by atoms with E-state index < -0.39 is 0 Å². The summed E-state index contributed by atoms with van der Waals surface area (Å²) in [5.74, 6) is -0.140. The second-order valence-corrected chi connectivity index (χ2v) is 6.97. The van der Waals surface area contributed by atoms with Crippen LogP contribution in [0.25, 0.3) is 0 Å². The van der Waals surface area contributed by atoms with Gasteiger partial charge < -0.3 is 9.64 Å². The second-order valence-electron chi connectivity index (χ2n) is 6.97. The largest absolute Gasteiger partial charge is 0.381 e. The van der Waals surface area contributed by atoms with Crippen molar-refractivity contribution in [3.63, 3.8) is 0 Å². The first kappa shape index (κ1) is 16.3. The number of hydrogen-bond acceptors (Lipinski definition) is 4. The molecule has 0 bridgehead atoms. The molecular weight excluding hydrogens is 320 g/mol. The summed E-state index contributed by atoms with van der Waals surface area (Å²) in [5, 5.41) is 0. The van der Waals surface area contributed by atoms with Crippen molar-refractivity contribution >= 4 is 17.7 Å². The van der Waals surface area contributed by atoms with Gasteiger partial charge in [0, 0.05) is 38.3 Å². The number of carbonyl (C=O) groups is 3. The number of carbonyl (C=O) groups excluding carboxylic acids is 3. The summed E-state index contributed by atoms with van der Waals surface area (Å²) in [6.45, 7) is 2.52. The Bertz CT molecular complexity index is 668. The molecule has 6 nitrogen and oxygen atoms in total. The van der Waals surface area contributed by atoms with Crippen molar-refractivity contribution in [3.05, 3.63) is 35.4 Å². The molecule has 0 unspecified atom stereocenters. The van der Waals surface area contributed by atoms with Gasteiger partial charge in [-0.25, -0.2) is 0 Å². The zero-order chi connectivity index (χ0) is 17.4. The first-order valence-electron chi connectivity index (χ1n) is 9.00. The van der Waals surface area contributed by atoms with Gasteiger partial charge in [-0.05, 0) is 37.8 Å². The van der Waals surface area contributed by atoms with Crippen molar-refractivity contribution < 1.29 is 19.1 Å². The van der Waals surface area contributed by atoms with Gasteiger partial charge in [0.2, 0.25) is 5.91 Å². The third-order valence-electron chi connectivity index (χ3n) is 5.54. The SMILES string of the molecule is O=C(C1CCOCC1)N1CCC(N2C(=O)c3ccccc3C2=O)CC1. The van der Waals surface area contributed by atoms with Gasteiger partial charge in [-0.1, -0.05) is 12.1 Å². The molecule has 2 saturated heterocycles. The Balaban J connectivity index is 1.40. The van der Waals surface area contributed by atoms with Crippen LogP contribution < -0.4 is 0 Å². The highest BCUT2D eigenvalue weighted by molar-refractivity contribution is 6.21. The highest BCUT2D eigenvalue weighted by atomic mass is 16.5. The number of nitrogens with zero attached hydrogens (tertiary/aromatic N) is 2. The Morgan fingerprint density at radius 1 is 0.920 bits per heavy atom. The summed E-state index contributed by atoms with van der Waals surface area (Å²) < 4.78 is 5.32. The van der Waals surface area contributed by atoms with Gasteiger partial charge in [0.05, 0.1) is 11.1 Å². The monoisotopic (exact) mass is 342 g/mol. The molecule has 0 radical (unpaired) electrons. The molecular formula is C19H22N2O4. The fraction of sp³-hybridized carbons (Fsp3) is 0.526. The average Bonchev–Trinajstić information content (AvgIpc) is 2.93. The van der Waals surface area contributed by atoms with Crippen molar-refractivity contribution in [1.82, 2.24) is 9.80 Å². The van der Waals surface area contributed by atoms with Crippen LogP contribution in [0.5, 0.6) is 0 Å². The fourth-order valence-electron chi connectivity index (χ4n) is 4.09. The zero-order valence-electron chi connectivity index (χ0n) is 14.1. The van der Waals surface area contributed by atoms with E-state index in [1.807, 2.05) is 4.90 Å². The van der Waals surface area contributed by atoms with Crippen molar-refractivity contribution in [1.29, 1.82) is 0 Å². The third kappa shape index (κ3) is 2.84. The quantitative estimate of drug-likeness (QED) is 0.767. The first-order valence-corrected chi connectivity index (χ1v) is 9.00. The highest BCUT2D eigenvalue weighted by Crippen LogP contribution is 2.29. The topological polar surface area (TPSA) is 66.9 Å². The number of imide groups is 1. The van der Waals surface area contributed by atoms with E-state index in [1.165, 1.54) is 4.90 Å². The number of ether oxygens (including phenoxy) is 1. The molecule has 3 heterocycles. The zero-order valence-corrected chi connectivity index (χ0v) is 14.1. The molecule has 1 aromatic carbocycles. The molecule has 0 saturated carbocycles. The summed E-state index contributed by atoms with van der Waals surface area (Å²) >= 11 is 0. The molecule has 4 rings (SSSR count). The van der Waals surface area contributed by atoms with Crippen molar-refractivity contribution in [2.75, 3.05) is 26.3 Å². The Morgan fingerprint density at radius 2 is 1.48 bits per heavy atom. The van der Waals surface area contributed by atoms with E-state index in [0.29, 0.717) is 50.3 Å². The molecule has 0 aromatic heterocycles. The van der Waals surface area contributed by atoms with E-state index >= 15 is 0 Å². The minimum absolute atomic E-state index is 0.0598. The molecule has 0 aliphatic carbocycles. The van der Waals surface area contributed by atoms with Crippen LogP contribution in [0.3, 0.4) is 0 Å². The number of fused-ring (bicyclic) bond motifs is 1. The number of piperidine rings is 1. The maximum absolute atomic E-state index is 12.6. The molecule has 2 fully saturated rings. The van der Waals surface area contributed by atoms with Crippen molar-refractivity contribution in [2.45, 2.75) is 31.7 Å². The van der Waals surface area contributed by atoms with Crippen LogP contribution in [0.1, 0.15) is 46.4 Å². The lowest BCUT2D eigenvalue weighted by molar-refractivity contribution is -0.139. The van der Waals surface area contributed by atoms with E-state index in [0.717, 1.165) is 12.8 Å². The Hall–Kier alpha value is -2.21. The van der Waals surface area contributed by atoms with Gasteiger partial charge >= 0.3 is 0 Å². The number of likely N-dealkylation sites (tertiary alicyclic amines) is 1. The highest BCUT2D eigenvalue weighted by Gasteiger charge is 2.41. The normalized spacial score (nSPS) is 22.4. The lowest BCUT2D eigenvalue weighted by Crippen LogP contribution is -2.50. The summed E-state index contributed by atoms with van der Waals surface area (Å²) in [6, 6.07) is 6.86. The molecule has 0 atom stereocenters. The molecule has 0 spiro atoms. The van der Waals surface area contributed by atoms with Crippen LogP contribution in [-0.4, -0.2) is 59.9 Å². The first-order chi connectivity index (χ1) is 12.2. The molecule has 3 amide bonds. The lowest BCUT2D eigenvalue weighted by Gasteiger charge is -2.37. The summed E-state index contributed by atoms with van der Waals surface area (Å²) in [6.07, 6.45) is 2.88. The predicted molar refractivity (Wildman–Crippen MR) is 90.1 cm³/mol. The summed E-state index contributed by atoms with van der Waals surface area (Å²) in [4.78, 5) is 41.1. The second kappa shape index (κ2) is 6.59. The Labute approximate surface area is 146 Å². The van der Waals surface area contributed by atoms with E-state index in [4.69, 9.17) is 4.74 Å². The van der Waals surface area contributed by atoms with Crippen LogP contribution in [0.4, 0.5) is 0 Å². The van der Waals surface area contributed by atoms with Gasteiger partial charge in [0.15, 0.2) is 0 Å². The maximum atomic E-state index is 12.6. The lowest BCUT2D eigenvalue weighted by atomic mass is 9.96. The molecule has 3 aliphatic heterocycles. The number of rotatable bonds is 2. The minimum Gasteiger partial charge on any atom is -0.381 e. The number of benzene rings is 1. The van der Waals surface area contributed by atoms with Crippen LogP contribution >= 0.6 is 0 Å². The van der Waals surface area contributed by atoms with E-state index in [1.54, 1.807) is 24.3 Å². The van der Waals surface area contributed by atoms with Gasteiger partial charge in [-0.15, -0.1) is 0 Å². The number of amides is 3. The van der Waals surface area contributed by atoms with Gasteiger partial charge in [0.25, 0.3) is 11.8 Å². The van der Waals surface area contributed by atoms with Crippen molar-refractivity contribution in [2.24, 2.45) is 5.92 Å². The van der Waals surface area contributed by atoms with Crippen LogP contribution in [0.2, 0.25) is 0 Å². The van der Waals surface area contributed by atoms with Crippen LogP contribution in [-0.2, 0) is 9.53 Å². The smallest absolute Gasteiger partial charge is 0.261 e. The predicted octanol–water partition coefficient (Wildman–Crippen LogP) is 1.70. The standard InChI is InChI=1S/C19H22N2O4/c22-17(13-7-11-25-12-8-13)20-9-5-14(6-10-20)21-18(23)15-3-1-2-4-16(15)19(21)24/h1-4,13-14H,5-12H2. The van der Waals surface area contributed by atoms with E-state index in [9.17, 15) is 14.4 Å². The minimum atomic E-state index is -0.199. The van der Waals surface area contributed by atoms with E-state index in [-0.39, 0.29) is 29.7 Å².